The summed E-state index contributed by atoms with van der Waals surface area (Å²) in [6, 6.07) is 0. The van der Waals surface area contributed by atoms with Crippen LogP contribution in [0.25, 0.3) is 0 Å². The van der Waals surface area contributed by atoms with E-state index >= 15 is 0 Å². The highest BCUT2D eigenvalue weighted by atomic mass is 19.4. The molecule has 0 bridgehead atoms. The topological polar surface area (TPSA) is 111 Å². The normalized spacial score (nSPS) is 11.3. The van der Waals surface area contributed by atoms with E-state index in [1.54, 1.807) is 0 Å². The summed E-state index contributed by atoms with van der Waals surface area (Å²) < 4.78 is 40.2. The van der Waals surface area contributed by atoms with Gasteiger partial charge in [-0.25, -0.2) is 4.98 Å². The highest BCUT2D eigenvalue weighted by Crippen LogP contribution is 2.32. The van der Waals surface area contributed by atoms with Gasteiger partial charge in [0.2, 0.25) is 0 Å². The van der Waals surface area contributed by atoms with Crippen molar-refractivity contribution >= 4 is 11.8 Å². The number of aliphatic carboxylic acids is 1. The lowest BCUT2D eigenvalue weighted by Gasteiger charge is -2.16. The van der Waals surface area contributed by atoms with Gasteiger partial charge in [0, 0.05) is 18.3 Å². The van der Waals surface area contributed by atoms with Crippen molar-refractivity contribution < 1.29 is 27.8 Å². The monoisotopic (exact) mass is 265 g/mol. The Morgan fingerprint density at radius 2 is 2.11 bits per heavy atom. The molecule has 6 nitrogen and oxygen atoms in total. The maximum atomic E-state index is 12.2. The Hall–Kier alpha value is -2.03. The summed E-state index contributed by atoms with van der Waals surface area (Å²) >= 11 is 0. The van der Waals surface area contributed by atoms with Crippen LogP contribution in [0.4, 0.5) is 19.0 Å². The van der Waals surface area contributed by atoms with E-state index in [2.05, 4.69) is 9.72 Å². The molecular weight excluding hydrogens is 255 g/mol. The van der Waals surface area contributed by atoms with Crippen LogP contribution in [0.15, 0.2) is 6.20 Å². The number of hydrogen-bond donors (Lipinski definition) is 3. The van der Waals surface area contributed by atoms with Crippen LogP contribution in [0.1, 0.15) is 11.1 Å². The third-order valence-corrected chi connectivity index (χ3v) is 2.02. The fourth-order valence-electron chi connectivity index (χ4n) is 1.35. The van der Waals surface area contributed by atoms with Crippen molar-refractivity contribution in [2.75, 3.05) is 5.73 Å². The van der Waals surface area contributed by atoms with Crippen molar-refractivity contribution in [2.45, 2.75) is 19.3 Å². The Morgan fingerprint density at radius 1 is 1.50 bits per heavy atom. The van der Waals surface area contributed by atoms with Gasteiger partial charge in [0.05, 0.1) is 6.42 Å². The number of carbonyl (C=O) groups is 1. The number of carboxylic acids is 1. The van der Waals surface area contributed by atoms with Crippen LogP contribution in [-0.2, 0) is 17.8 Å². The lowest BCUT2D eigenvalue weighted by molar-refractivity contribution is -0.274. The van der Waals surface area contributed by atoms with Crippen molar-refractivity contribution in [3.05, 3.63) is 17.3 Å². The van der Waals surface area contributed by atoms with Gasteiger partial charge in [-0.2, -0.15) is 0 Å². The van der Waals surface area contributed by atoms with E-state index in [9.17, 15) is 18.0 Å². The predicted octanol–water partition coefficient (Wildman–Crippen LogP) is 0.648. The first-order chi connectivity index (χ1) is 8.24. The molecule has 1 rings (SSSR count). The molecule has 0 aromatic carbocycles. The number of nitrogen functional groups attached to an aromatic ring is 1. The molecule has 0 atom stereocenters. The fourth-order valence-corrected chi connectivity index (χ4v) is 1.35. The quantitative estimate of drug-likeness (QED) is 0.736. The number of alkyl halides is 3. The first-order valence-corrected chi connectivity index (χ1v) is 4.68. The zero-order valence-corrected chi connectivity index (χ0v) is 8.99. The molecule has 1 heterocycles. The van der Waals surface area contributed by atoms with Gasteiger partial charge in [-0.3, -0.25) is 4.79 Å². The number of anilines is 1. The number of carboxylic acid groups (broad SMARTS) is 1. The average molecular weight is 265 g/mol. The zero-order valence-electron chi connectivity index (χ0n) is 8.99. The maximum absolute atomic E-state index is 12.2. The molecule has 0 aliphatic carbocycles. The Labute approximate surface area is 99.4 Å². The number of nitrogens with two attached hydrogens (primary N) is 2. The molecule has 18 heavy (non-hydrogen) atoms. The minimum Gasteiger partial charge on any atom is -0.481 e. The predicted molar refractivity (Wildman–Crippen MR) is 54.6 cm³/mol. The second kappa shape index (κ2) is 5.08. The van der Waals surface area contributed by atoms with E-state index in [0.29, 0.717) is 0 Å². The van der Waals surface area contributed by atoms with Crippen LogP contribution in [0, 0.1) is 0 Å². The summed E-state index contributed by atoms with van der Waals surface area (Å²) in [5.41, 5.74) is 10.5. The Bertz CT molecular complexity index is 462. The van der Waals surface area contributed by atoms with Gasteiger partial charge in [0.25, 0.3) is 0 Å². The molecule has 0 saturated carbocycles. The largest absolute Gasteiger partial charge is 0.573 e. The molecule has 0 fully saturated rings. The standard InChI is InChI=1S/C9H10F3N3O3/c10-9(11,12)18-7-5(2-13)4(1-6(16)17)3-15-8(7)14/h3H,1-2,13H2,(H2,14,15)(H,16,17). The van der Waals surface area contributed by atoms with Gasteiger partial charge in [-0.15, -0.1) is 13.2 Å². The van der Waals surface area contributed by atoms with Crippen LogP contribution in [0.5, 0.6) is 5.75 Å². The minimum atomic E-state index is -4.96. The number of ether oxygens (including phenoxy) is 1. The minimum absolute atomic E-state index is 0.0263. The fraction of sp³-hybridized carbons (Fsp3) is 0.333. The molecule has 0 aliphatic rings. The van der Waals surface area contributed by atoms with E-state index in [1.165, 1.54) is 0 Å². The van der Waals surface area contributed by atoms with Gasteiger partial charge >= 0.3 is 12.3 Å². The molecule has 1 aromatic heterocycles. The Balaban J connectivity index is 3.25. The van der Waals surface area contributed by atoms with Crippen LogP contribution < -0.4 is 16.2 Å². The maximum Gasteiger partial charge on any atom is 0.573 e. The third-order valence-electron chi connectivity index (χ3n) is 2.02. The van der Waals surface area contributed by atoms with Gasteiger partial charge in [-0.05, 0) is 5.56 Å². The first-order valence-electron chi connectivity index (χ1n) is 4.68. The van der Waals surface area contributed by atoms with Crippen LogP contribution >= 0.6 is 0 Å². The molecule has 0 aliphatic heterocycles. The smallest absolute Gasteiger partial charge is 0.481 e. The van der Waals surface area contributed by atoms with E-state index in [-0.39, 0.29) is 17.7 Å². The highest BCUT2D eigenvalue weighted by molar-refractivity contribution is 5.71. The van der Waals surface area contributed by atoms with Crippen molar-refractivity contribution in [1.29, 1.82) is 0 Å². The van der Waals surface area contributed by atoms with Crippen molar-refractivity contribution in [3.63, 3.8) is 0 Å². The van der Waals surface area contributed by atoms with Crippen molar-refractivity contribution in [3.8, 4) is 5.75 Å². The number of halogens is 3. The van der Waals surface area contributed by atoms with Crippen LogP contribution in [-0.4, -0.2) is 22.4 Å². The first kappa shape index (κ1) is 14.0. The van der Waals surface area contributed by atoms with Crippen LogP contribution in [0.3, 0.4) is 0 Å². The number of hydrogen-bond acceptors (Lipinski definition) is 5. The van der Waals surface area contributed by atoms with E-state index in [4.69, 9.17) is 16.6 Å². The zero-order chi connectivity index (χ0) is 13.9. The molecule has 0 amide bonds. The third kappa shape index (κ3) is 3.48. The average Bonchev–Trinajstić information content (AvgIpc) is 2.20. The summed E-state index contributed by atoms with van der Waals surface area (Å²) in [4.78, 5) is 14.0. The summed E-state index contributed by atoms with van der Waals surface area (Å²) in [7, 11) is 0. The lowest BCUT2D eigenvalue weighted by Crippen LogP contribution is -2.21. The van der Waals surface area contributed by atoms with Crippen LogP contribution in [0.2, 0.25) is 0 Å². The van der Waals surface area contributed by atoms with Gasteiger partial charge in [0.15, 0.2) is 11.6 Å². The van der Waals surface area contributed by atoms with Gasteiger partial charge in [-0.1, -0.05) is 0 Å². The van der Waals surface area contributed by atoms with E-state index in [1.807, 2.05) is 0 Å². The van der Waals surface area contributed by atoms with E-state index < -0.39 is 30.3 Å². The summed E-state index contributed by atoms with van der Waals surface area (Å²) in [5.74, 6) is -2.47. The SMILES string of the molecule is NCc1c(CC(=O)O)cnc(N)c1OC(F)(F)F. The summed E-state index contributed by atoms with van der Waals surface area (Å²) in [6.45, 7) is -0.346. The molecule has 0 saturated heterocycles. The second-order valence-electron chi connectivity index (χ2n) is 3.30. The molecule has 0 radical (unpaired) electrons. The van der Waals surface area contributed by atoms with E-state index in [0.717, 1.165) is 6.20 Å². The molecule has 0 unspecified atom stereocenters. The number of rotatable bonds is 4. The molecule has 9 heteroatoms. The molecule has 100 valence electrons. The Kier molecular flexibility index (Phi) is 3.96. The number of nitrogens with zero attached hydrogens (tertiary/aromatic N) is 1. The molecule has 1 aromatic rings. The lowest BCUT2D eigenvalue weighted by atomic mass is 10.1. The molecular formula is C9H10F3N3O3. The van der Waals surface area contributed by atoms with Crippen molar-refractivity contribution in [1.82, 2.24) is 4.98 Å². The van der Waals surface area contributed by atoms with Crippen molar-refractivity contribution in [2.24, 2.45) is 5.73 Å². The summed E-state index contributed by atoms with van der Waals surface area (Å²) in [6.07, 6.45) is -4.41. The molecule has 0 spiro atoms. The Morgan fingerprint density at radius 3 is 2.56 bits per heavy atom. The van der Waals surface area contributed by atoms with Gasteiger partial charge < -0.3 is 21.3 Å². The molecule has 5 N–H and O–H groups in total. The number of pyridine rings is 1. The summed E-state index contributed by atoms with van der Waals surface area (Å²) in [5, 5.41) is 8.62. The van der Waals surface area contributed by atoms with Gasteiger partial charge in [0.1, 0.15) is 0 Å². The second-order valence-corrected chi connectivity index (χ2v) is 3.30. The highest BCUT2D eigenvalue weighted by Gasteiger charge is 2.34. The number of aromatic nitrogens is 1.